The summed E-state index contributed by atoms with van der Waals surface area (Å²) >= 11 is 4.78. The van der Waals surface area contributed by atoms with E-state index >= 15 is 0 Å². The van der Waals surface area contributed by atoms with Crippen LogP contribution in [-0.2, 0) is 9.47 Å². The first-order chi connectivity index (χ1) is 15.0. The predicted octanol–water partition coefficient (Wildman–Crippen LogP) is 5.41. The number of thiophene rings is 1. The third-order valence-electron chi connectivity index (χ3n) is 7.03. The smallest absolute Gasteiger partial charge is 0.217 e. The maximum Gasteiger partial charge on any atom is 0.217 e. The summed E-state index contributed by atoms with van der Waals surface area (Å²) in [5.74, 6) is -1.96. The van der Waals surface area contributed by atoms with Gasteiger partial charge in [0.05, 0.1) is 24.1 Å². The Morgan fingerprint density at radius 2 is 1.87 bits per heavy atom. The van der Waals surface area contributed by atoms with E-state index in [2.05, 4.69) is 34.1 Å². The van der Waals surface area contributed by atoms with Gasteiger partial charge in [-0.25, -0.2) is 0 Å². The third-order valence-corrected chi connectivity index (χ3v) is 8.76. The SMILES string of the molecule is N#CC1(C#N)C(c2cc(Br)cs2)OC23CCC(c4ccccc4)CC2C1(C#N)C(=N)O3. The van der Waals surface area contributed by atoms with Crippen LogP contribution in [0.25, 0.3) is 0 Å². The molecule has 5 atom stereocenters. The average Bonchev–Trinajstić information content (AvgIpc) is 3.31. The van der Waals surface area contributed by atoms with Gasteiger partial charge in [-0.2, -0.15) is 15.8 Å². The number of halogens is 1. The molecule has 5 rings (SSSR count). The molecule has 2 aromatic rings. The zero-order valence-corrected chi connectivity index (χ0v) is 18.7. The van der Waals surface area contributed by atoms with Gasteiger partial charge in [-0.3, -0.25) is 5.41 Å². The fourth-order valence-corrected chi connectivity index (χ4v) is 7.12. The minimum Gasteiger partial charge on any atom is -0.447 e. The molecule has 3 heterocycles. The molecular formula is C23H17BrN4O2S. The molecular weight excluding hydrogens is 476 g/mol. The summed E-state index contributed by atoms with van der Waals surface area (Å²) < 4.78 is 13.3. The van der Waals surface area contributed by atoms with Gasteiger partial charge >= 0.3 is 0 Å². The Morgan fingerprint density at radius 3 is 2.48 bits per heavy atom. The summed E-state index contributed by atoms with van der Waals surface area (Å²) in [7, 11) is 0. The zero-order valence-electron chi connectivity index (χ0n) is 16.3. The molecule has 6 nitrogen and oxygen atoms in total. The summed E-state index contributed by atoms with van der Waals surface area (Å²) in [5.41, 5.74) is -2.46. The first-order valence-electron chi connectivity index (χ1n) is 9.95. The van der Waals surface area contributed by atoms with Crippen molar-refractivity contribution in [3.63, 3.8) is 0 Å². The predicted molar refractivity (Wildman–Crippen MR) is 116 cm³/mol. The van der Waals surface area contributed by atoms with E-state index in [4.69, 9.17) is 14.9 Å². The number of nitrogens with zero attached hydrogens (tertiary/aromatic N) is 3. The van der Waals surface area contributed by atoms with Crippen LogP contribution in [0.1, 0.15) is 41.7 Å². The quantitative estimate of drug-likeness (QED) is 0.601. The van der Waals surface area contributed by atoms with Gasteiger partial charge < -0.3 is 9.47 Å². The summed E-state index contributed by atoms with van der Waals surface area (Å²) in [6.07, 6.45) is 0.776. The van der Waals surface area contributed by atoms with Crippen LogP contribution in [0.15, 0.2) is 46.3 Å². The monoisotopic (exact) mass is 492 g/mol. The van der Waals surface area contributed by atoms with Crippen molar-refractivity contribution in [2.24, 2.45) is 16.7 Å². The van der Waals surface area contributed by atoms with Gasteiger partial charge in [0.1, 0.15) is 6.10 Å². The molecule has 0 spiro atoms. The van der Waals surface area contributed by atoms with Crippen LogP contribution in [0.2, 0.25) is 0 Å². The molecule has 1 aromatic heterocycles. The number of nitrogens with one attached hydrogen (secondary N) is 1. The largest absolute Gasteiger partial charge is 0.447 e. The molecule has 0 amide bonds. The molecule has 1 aliphatic carbocycles. The van der Waals surface area contributed by atoms with Gasteiger partial charge in [0.25, 0.3) is 0 Å². The van der Waals surface area contributed by atoms with Gasteiger partial charge in [-0.1, -0.05) is 30.3 Å². The molecule has 3 aliphatic rings. The van der Waals surface area contributed by atoms with Crippen molar-refractivity contribution in [1.82, 2.24) is 0 Å². The van der Waals surface area contributed by atoms with E-state index in [9.17, 15) is 15.8 Å². The Bertz CT molecular complexity index is 1180. The van der Waals surface area contributed by atoms with E-state index in [-0.39, 0.29) is 11.8 Å². The van der Waals surface area contributed by atoms with Gasteiger partial charge in [-0.15, -0.1) is 11.3 Å². The highest BCUT2D eigenvalue weighted by Gasteiger charge is 2.81. The van der Waals surface area contributed by atoms with Gasteiger partial charge in [0, 0.05) is 21.2 Å². The lowest BCUT2D eigenvalue weighted by atomic mass is 9.51. The van der Waals surface area contributed by atoms with Gasteiger partial charge in [-0.05, 0) is 46.3 Å². The van der Waals surface area contributed by atoms with Gasteiger partial charge in [0.15, 0.2) is 5.41 Å². The van der Waals surface area contributed by atoms with E-state index in [1.807, 2.05) is 35.7 Å². The summed E-state index contributed by atoms with van der Waals surface area (Å²) in [6.45, 7) is 0. The topological polar surface area (TPSA) is 114 Å². The maximum atomic E-state index is 10.5. The summed E-state index contributed by atoms with van der Waals surface area (Å²) in [6, 6.07) is 18.3. The number of benzene rings is 1. The second-order valence-electron chi connectivity index (χ2n) is 8.29. The molecule has 1 aromatic carbocycles. The molecule has 2 aliphatic heterocycles. The van der Waals surface area contributed by atoms with Crippen LogP contribution in [0.5, 0.6) is 0 Å². The fraction of sp³-hybridized carbons (Fsp3) is 0.391. The standard InChI is InChI=1S/C23H17BrN4O2S/c24-16-9-17(31-10-16)19-21(11-25,12-26)22(13-27)18-8-15(14-4-2-1-3-5-14)6-7-23(18,29-19)30-20(22)28/h1-5,9-10,15,18-19,28H,6-8H2. The number of hydrogen-bond acceptors (Lipinski definition) is 7. The number of rotatable bonds is 2. The average molecular weight is 493 g/mol. The molecule has 3 fully saturated rings. The molecule has 8 heteroatoms. The minimum atomic E-state index is -1.90. The Morgan fingerprint density at radius 1 is 1.13 bits per heavy atom. The van der Waals surface area contributed by atoms with Crippen LogP contribution >= 0.6 is 27.3 Å². The van der Waals surface area contributed by atoms with Crippen molar-refractivity contribution < 1.29 is 9.47 Å². The highest BCUT2D eigenvalue weighted by Crippen LogP contribution is 2.70. The number of ether oxygens (including phenoxy) is 2. The second kappa shape index (κ2) is 6.90. The Labute approximate surface area is 192 Å². The molecule has 154 valence electrons. The van der Waals surface area contributed by atoms with Crippen molar-refractivity contribution in [2.45, 2.75) is 37.1 Å². The maximum absolute atomic E-state index is 10.5. The molecule has 2 saturated heterocycles. The van der Waals surface area contributed by atoms with Crippen LogP contribution in [-0.4, -0.2) is 11.7 Å². The van der Waals surface area contributed by atoms with E-state index in [0.717, 1.165) is 16.5 Å². The molecule has 5 unspecified atom stereocenters. The minimum absolute atomic E-state index is 0.132. The second-order valence-corrected chi connectivity index (χ2v) is 10.2. The van der Waals surface area contributed by atoms with Crippen molar-refractivity contribution in [2.75, 3.05) is 0 Å². The van der Waals surface area contributed by atoms with E-state index in [1.54, 1.807) is 6.07 Å². The lowest BCUT2D eigenvalue weighted by molar-refractivity contribution is -0.295. The Hall–Kier alpha value is -2.70. The zero-order chi connectivity index (χ0) is 21.9. The van der Waals surface area contributed by atoms with Crippen molar-refractivity contribution in [1.29, 1.82) is 21.2 Å². The van der Waals surface area contributed by atoms with Crippen molar-refractivity contribution in [3.8, 4) is 18.2 Å². The van der Waals surface area contributed by atoms with Crippen molar-refractivity contribution >= 4 is 33.2 Å². The Balaban J connectivity index is 1.68. The molecule has 31 heavy (non-hydrogen) atoms. The number of hydrogen-bond donors (Lipinski definition) is 1. The molecule has 0 radical (unpaired) electrons. The molecule has 2 bridgehead atoms. The van der Waals surface area contributed by atoms with E-state index < -0.39 is 28.6 Å². The van der Waals surface area contributed by atoms with Crippen LogP contribution in [0.4, 0.5) is 0 Å². The lowest BCUT2D eigenvalue weighted by Gasteiger charge is -2.52. The Kier molecular flexibility index (Phi) is 4.50. The molecule has 1 saturated carbocycles. The fourth-order valence-electron chi connectivity index (χ4n) is 5.59. The third kappa shape index (κ3) is 2.46. The normalized spacial score (nSPS) is 35.2. The van der Waals surface area contributed by atoms with Crippen LogP contribution in [0, 0.1) is 56.2 Å². The highest BCUT2D eigenvalue weighted by atomic mass is 79.9. The number of nitriles is 3. The van der Waals surface area contributed by atoms with Crippen LogP contribution < -0.4 is 0 Å². The lowest BCUT2D eigenvalue weighted by Crippen LogP contribution is -2.60. The van der Waals surface area contributed by atoms with Gasteiger partial charge in [0.2, 0.25) is 17.1 Å². The summed E-state index contributed by atoms with van der Waals surface area (Å²) in [5, 5.41) is 41.6. The van der Waals surface area contributed by atoms with Crippen LogP contribution in [0.3, 0.4) is 0 Å². The first-order valence-corrected chi connectivity index (χ1v) is 11.6. The molecule has 1 N–H and O–H groups in total. The van der Waals surface area contributed by atoms with Crippen molar-refractivity contribution in [3.05, 3.63) is 56.7 Å². The highest BCUT2D eigenvalue weighted by molar-refractivity contribution is 9.10. The first kappa shape index (κ1) is 20.2. The van der Waals surface area contributed by atoms with E-state index in [0.29, 0.717) is 17.7 Å². The van der Waals surface area contributed by atoms with E-state index in [1.165, 1.54) is 11.3 Å². The summed E-state index contributed by atoms with van der Waals surface area (Å²) in [4.78, 5) is 0.663.